The van der Waals surface area contributed by atoms with Crippen molar-refractivity contribution in [3.05, 3.63) is 24.0 Å². The van der Waals surface area contributed by atoms with Gasteiger partial charge in [0.2, 0.25) is 5.91 Å². The Kier molecular flexibility index (Phi) is 4.59. The van der Waals surface area contributed by atoms with E-state index in [-0.39, 0.29) is 24.0 Å². The number of ether oxygens (including phenoxy) is 1. The Morgan fingerprint density at radius 1 is 1.45 bits per heavy atom. The maximum absolute atomic E-state index is 12.2. The third-order valence-corrected chi connectivity index (χ3v) is 4.40. The molecule has 1 aromatic rings. The van der Waals surface area contributed by atoms with E-state index in [1.54, 1.807) is 19.5 Å². The highest BCUT2D eigenvalue weighted by Crippen LogP contribution is 2.38. The van der Waals surface area contributed by atoms with Gasteiger partial charge in [0.25, 0.3) is 0 Å². The van der Waals surface area contributed by atoms with Crippen LogP contribution in [0.3, 0.4) is 0 Å². The fourth-order valence-electron chi connectivity index (χ4n) is 2.84. The second-order valence-electron chi connectivity index (χ2n) is 6.24. The summed E-state index contributed by atoms with van der Waals surface area (Å²) in [7, 11) is 1.60. The molecule has 2 fully saturated rings. The molecule has 0 radical (unpaired) electrons. The minimum atomic E-state index is -0.257. The van der Waals surface area contributed by atoms with Crippen molar-refractivity contribution >= 4 is 5.91 Å². The summed E-state index contributed by atoms with van der Waals surface area (Å²) in [6.45, 7) is 0.341. The third-order valence-electron chi connectivity index (χ3n) is 4.40. The average molecular weight is 305 g/mol. The van der Waals surface area contributed by atoms with E-state index in [0.29, 0.717) is 31.2 Å². The van der Waals surface area contributed by atoms with Gasteiger partial charge in [0, 0.05) is 12.2 Å². The monoisotopic (exact) mass is 305 g/mol. The van der Waals surface area contributed by atoms with Crippen molar-refractivity contribution in [2.45, 2.75) is 43.9 Å². The van der Waals surface area contributed by atoms with Crippen molar-refractivity contribution in [2.24, 2.45) is 5.92 Å². The van der Waals surface area contributed by atoms with Gasteiger partial charge in [-0.05, 0) is 43.2 Å². The number of aromatic nitrogens is 1. The Morgan fingerprint density at radius 2 is 2.23 bits per heavy atom. The third kappa shape index (κ3) is 3.75. The van der Waals surface area contributed by atoms with E-state index in [1.807, 2.05) is 6.07 Å². The zero-order valence-electron chi connectivity index (χ0n) is 12.8. The maximum Gasteiger partial charge on any atom is 0.234 e. The quantitative estimate of drug-likeness (QED) is 0.693. The lowest BCUT2D eigenvalue weighted by Gasteiger charge is -2.38. The summed E-state index contributed by atoms with van der Waals surface area (Å²) in [6.07, 6.45) is 6.87. The van der Waals surface area contributed by atoms with Crippen molar-refractivity contribution in [3.8, 4) is 5.75 Å². The molecule has 22 heavy (non-hydrogen) atoms. The summed E-state index contributed by atoms with van der Waals surface area (Å²) in [4.78, 5) is 16.3. The normalized spacial score (nSPS) is 25.2. The zero-order chi connectivity index (χ0) is 15.5. The summed E-state index contributed by atoms with van der Waals surface area (Å²) in [5, 5.41) is 15.9. The van der Waals surface area contributed by atoms with Gasteiger partial charge < -0.3 is 20.5 Å². The fourth-order valence-corrected chi connectivity index (χ4v) is 2.84. The van der Waals surface area contributed by atoms with Gasteiger partial charge in [-0.15, -0.1) is 0 Å². The zero-order valence-corrected chi connectivity index (χ0v) is 12.8. The van der Waals surface area contributed by atoms with Gasteiger partial charge in [-0.2, -0.15) is 0 Å². The van der Waals surface area contributed by atoms with E-state index in [9.17, 15) is 9.90 Å². The molecule has 2 saturated carbocycles. The molecule has 6 nitrogen and oxygen atoms in total. The summed E-state index contributed by atoms with van der Waals surface area (Å²) in [5.74, 6) is 0.905. The number of hydrogen-bond acceptors (Lipinski definition) is 5. The predicted molar refractivity (Wildman–Crippen MR) is 81.4 cm³/mol. The molecule has 3 rings (SSSR count). The molecule has 0 spiro atoms. The van der Waals surface area contributed by atoms with E-state index in [2.05, 4.69) is 15.6 Å². The first kappa shape index (κ1) is 15.2. The molecule has 1 amide bonds. The molecule has 0 aromatic carbocycles. The SMILES string of the molecule is COc1cncc([C@@H](NC(=O)CNC2CC2)C2CC(O)C2)c1. The standard InChI is InChI=1S/C16H23N3O3/c1-22-14-6-11(7-17-8-14)16(10-4-13(20)5-10)19-15(21)9-18-12-2-3-12/h6-8,10,12-13,16,18,20H,2-5,9H2,1H3,(H,19,21)/t10?,13?,16-/m0/s1. The number of nitrogens with one attached hydrogen (secondary N) is 2. The summed E-state index contributed by atoms with van der Waals surface area (Å²) >= 11 is 0. The molecule has 120 valence electrons. The first-order chi connectivity index (χ1) is 10.7. The van der Waals surface area contributed by atoms with E-state index in [1.165, 1.54) is 0 Å². The Morgan fingerprint density at radius 3 is 2.86 bits per heavy atom. The lowest BCUT2D eigenvalue weighted by Crippen LogP contribution is -2.44. The first-order valence-electron chi connectivity index (χ1n) is 7.85. The minimum absolute atomic E-state index is 0.0129. The highest BCUT2D eigenvalue weighted by atomic mass is 16.5. The van der Waals surface area contributed by atoms with Crippen LogP contribution in [0.1, 0.15) is 37.3 Å². The highest BCUT2D eigenvalue weighted by molar-refractivity contribution is 5.78. The molecule has 2 aliphatic rings. The van der Waals surface area contributed by atoms with Gasteiger partial charge in [-0.25, -0.2) is 0 Å². The topological polar surface area (TPSA) is 83.5 Å². The highest BCUT2D eigenvalue weighted by Gasteiger charge is 2.36. The molecular weight excluding hydrogens is 282 g/mol. The smallest absolute Gasteiger partial charge is 0.234 e. The maximum atomic E-state index is 12.2. The number of carbonyl (C=O) groups is 1. The van der Waals surface area contributed by atoms with Crippen LogP contribution in [-0.4, -0.2) is 41.8 Å². The number of amides is 1. The number of aliphatic hydroxyl groups is 1. The first-order valence-corrected chi connectivity index (χ1v) is 7.85. The summed E-state index contributed by atoms with van der Waals surface area (Å²) < 4.78 is 5.21. The van der Waals surface area contributed by atoms with Crippen LogP contribution >= 0.6 is 0 Å². The minimum Gasteiger partial charge on any atom is -0.495 e. The second-order valence-corrected chi connectivity index (χ2v) is 6.24. The average Bonchev–Trinajstić information content (AvgIpc) is 3.32. The molecule has 6 heteroatoms. The molecule has 0 unspecified atom stereocenters. The predicted octanol–water partition coefficient (Wildman–Crippen LogP) is 0.770. The Balaban J connectivity index is 1.66. The molecule has 0 saturated heterocycles. The number of rotatable bonds is 7. The van der Waals surface area contributed by atoms with Gasteiger partial charge in [-0.1, -0.05) is 0 Å². The van der Waals surface area contributed by atoms with E-state index < -0.39 is 0 Å². The van der Waals surface area contributed by atoms with Crippen LogP contribution in [0, 0.1) is 5.92 Å². The fraction of sp³-hybridized carbons (Fsp3) is 0.625. The number of aliphatic hydroxyl groups excluding tert-OH is 1. The number of pyridine rings is 1. The van der Waals surface area contributed by atoms with Crippen molar-refractivity contribution in [1.82, 2.24) is 15.6 Å². The van der Waals surface area contributed by atoms with E-state index in [0.717, 1.165) is 18.4 Å². The van der Waals surface area contributed by atoms with Crippen molar-refractivity contribution < 1.29 is 14.6 Å². The molecule has 1 heterocycles. The van der Waals surface area contributed by atoms with Crippen LogP contribution in [-0.2, 0) is 4.79 Å². The van der Waals surface area contributed by atoms with Crippen LogP contribution in [0.5, 0.6) is 5.75 Å². The molecule has 3 N–H and O–H groups in total. The van der Waals surface area contributed by atoms with Crippen LogP contribution in [0.4, 0.5) is 0 Å². The van der Waals surface area contributed by atoms with Crippen LogP contribution < -0.4 is 15.4 Å². The van der Waals surface area contributed by atoms with Crippen molar-refractivity contribution in [2.75, 3.05) is 13.7 Å². The van der Waals surface area contributed by atoms with E-state index in [4.69, 9.17) is 4.74 Å². The number of methoxy groups -OCH3 is 1. The largest absolute Gasteiger partial charge is 0.495 e. The van der Waals surface area contributed by atoms with Gasteiger partial charge in [0.1, 0.15) is 5.75 Å². The van der Waals surface area contributed by atoms with E-state index >= 15 is 0 Å². The molecule has 1 atom stereocenters. The Labute approximate surface area is 130 Å². The Hall–Kier alpha value is -1.66. The molecule has 1 aromatic heterocycles. The number of carbonyl (C=O) groups excluding carboxylic acids is 1. The molecule has 0 aliphatic heterocycles. The summed E-state index contributed by atoms with van der Waals surface area (Å²) in [6, 6.07) is 2.28. The molecule has 0 bridgehead atoms. The lowest BCUT2D eigenvalue weighted by molar-refractivity contribution is -0.122. The van der Waals surface area contributed by atoms with Gasteiger partial charge in [0.05, 0.1) is 32.0 Å². The van der Waals surface area contributed by atoms with Gasteiger partial charge >= 0.3 is 0 Å². The Bertz CT molecular complexity index is 527. The van der Waals surface area contributed by atoms with Crippen molar-refractivity contribution in [1.29, 1.82) is 0 Å². The molecular formula is C16H23N3O3. The lowest BCUT2D eigenvalue weighted by atomic mass is 9.75. The molecule has 2 aliphatic carbocycles. The van der Waals surface area contributed by atoms with Crippen molar-refractivity contribution in [3.63, 3.8) is 0 Å². The van der Waals surface area contributed by atoms with Gasteiger partial charge in [-0.3, -0.25) is 9.78 Å². The number of hydrogen-bond donors (Lipinski definition) is 3. The van der Waals surface area contributed by atoms with Crippen LogP contribution in [0.2, 0.25) is 0 Å². The van der Waals surface area contributed by atoms with Gasteiger partial charge in [0.15, 0.2) is 0 Å². The number of nitrogens with zero attached hydrogens (tertiary/aromatic N) is 1. The second kappa shape index (κ2) is 6.62. The summed E-state index contributed by atoms with van der Waals surface area (Å²) in [5.41, 5.74) is 0.927. The van der Waals surface area contributed by atoms with Crippen LogP contribution in [0.25, 0.3) is 0 Å². The van der Waals surface area contributed by atoms with Crippen LogP contribution in [0.15, 0.2) is 18.5 Å².